The van der Waals surface area contributed by atoms with E-state index in [0.29, 0.717) is 0 Å². The molecular formula is C44H38. The van der Waals surface area contributed by atoms with Gasteiger partial charge in [0.1, 0.15) is 0 Å². The molecule has 0 radical (unpaired) electrons. The van der Waals surface area contributed by atoms with Crippen molar-refractivity contribution in [3.05, 3.63) is 182 Å². The van der Waals surface area contributed by atoms with Crippen LogP contribution in [0, 0.1) is 0 Å². The Morgan fingerprint density at radius 1 is 0.227 bits per heavy atom. The van der Waals surface area contributed by atoms with Gasteiger partial charge in [0.05, 0.1) is 0 Å². The summed E-state index contributed by atoms with van der Waals surface area (Å²) in [7, 11) is 0. The quantitative estimate of drug-likeness (QED) is 0.199. The van der Waals surface area contributed by atoms with Crippen molar-refractivity contribution in [2.75, 3.05) is 0 Å². The minimum atomic E-state index is 0. The summed E-state index contributed by atoms with van der Waals surface area (Å²) in [5.41, 5.74) is 9.66. The molecule has 0 aliphatic heterocycles. The predicted molar refractivity (Wildman–Crippen MR) is 194 cm³/mol. The first-order valence-electron chi connectivity index (χ1n) is 14.5. The Labute approximate surface area is 262 Å². The minimum absolute atomic E-state index is 0. The lowest BCUT2D eigenvalue weighted by molar-refractivity contribution is 1.62. The van der Waals surface area contributed by atoms with Gasteiger partial charge in [0.15, 0.2) is 0 Å². The first-order valence-corrected chi connectivity index (χ1v) is 14.5. The maximum absolute atomic E-state index is 2.29. The monoisotopic (exact) mass is 566 g/mol. The van der Waals surface area contributed by atoms with Crippen LogP contribution in [0.1, 0.15) is 14.9 Å². The zero-order chi connectivity index (χ0) is 28.1. The van der Waals surface area contributed by atoms with Crippen LogP contribution in [0.25, 0.3) is 66.1 Å². The Bertz CT molecular complexity index is 1890. The molecule has 0 amide bonds. The molecule has 0 saturated heterocycles. The molecule has 0 aromatic heterocycles. The van der Waals surface area contributed by atoms with Crippen molar-refractivity contribution in [3.8, 4) is 44.5 Å². The van der Waals surface area contributed by atoms with E-state index in [0.717, 1.165) is 0 Å². The van der Waals surface area contributed by atoms with Gasteiger partial charge < -0.3 is 0 Å². The van der Waals surface area contributed by atoms with Gasteiger partial charge in [-0.1, -0.05) is 197 Å². The second-order valence-corrected chi connectivity index (χ2v) is 10.4. The molecule has 0 aliphatic carbocycles. The Morgan fingerprint density at radius 2 is 0.477 bits per heavy atom. The van der Waals surface area contributed by atoms with E-state index >= 15 is 0 Å². The summed E-state index contributed by atoms with van der Waals surface area (Å²) in [6.45, 7) is 0. The van der Waals surface area contributed by atoms with Crippen LogP contribution in [0.3, 0.4) is 0 Å². The van der Waals surface area contributed by atoms with Gasteiger partial charge in [-0.15, -0.1) is 0 Å². The molecule has 0 saturated carbocycles. The molecule has 0 heterocycles. The molecule has 0 nitrogen and oxygen atoms in total. The van der Waals surface area contributed by atoms with E-state index in [1.807, 2.05) is 0 Å². The zero-order valence-corrected chi connectivity index (χ0v) is 23.3. The molecule has 7 aromatic rings. The van der Waals surface area contributed by atoms with Gasteiger partial charge in [0, 0.05) is 0 Å². The van der Waals surface area contributed by atoms with E-state index in [4.69, 9.17) is 0 Å². The van der Waals surface area contributed by atoms with Gasteiger partial charge in [-0.3, -0.25) is 0 Å². The maximum atomic E-state index is 2.29. The van der Waals surface area contributed by atoms with Crippen LogP contribution in [0.5, 0.6) is 0 Å². The Morgan fingerprint density at radius 3 is 0.818 bits per heavy atom. The topological polar surface area (TPSA) is 0 Å². The predicted octanol–water partition coefficient (Wildman–Crippen LogP) is 13.1. The molecule has 0 bridgehead atoms. The number of rotatable bonds is 4. The van der Waals surface area contributed by atoms with E-state index < -0.39 is 0 Å². The number of hydrogen-bond donors (Lipinski definition) is 0. The van der Waals surface area contributed by atoms with Crippen LogP contribution in [0.4, 0.5) is 0 Å². The third kappa shape index (κ3) is 5.63. The summed E-state index contributed by atoms with van der Waals surface area (Å²) in [5, 5.41) is 4.96. The molecular weight excluding hydrogens is 528 g/mol. The first kappa shape index (κ1) is 30.0. The van der Waals surface area contributed by atoms with Crippen molar-refractivity contribution >= 4 is 21.5 Å². The van der Waals surface area contributed by atoms with Crippen LogP contribution in [-0.4, -0.2) is 0 Å². The normalized spacial score (nSPS) is 10.4. The molecule has 7 rings (SSSR count). The van der Waals surface area contributed by atoms with Gasteiger partial charge in [-0.2, -0.15) is 0 Å². The van der Waals surface area contributed by atoms with Crippen LogP contribution in [-0.2, 0) is 0 Å². The Kier molecular flexibility index (Phi) is 9.33. The Balaban J connectivity index is 0.00000192. The van der Waals surface area contributed by atoms with Gasteiger partial charge in [0.2, 0.25) is 0 Å². The van der Waals surface area contributed by atoms with Crippen LogP contribution in [0.2, 0.25) is 0 Å². The van der Waals surface area contributed by atoms with Crippen LogP contribution >= 0.6 is 0 Å². The molecule has 214 valence electrons. The highest BCUT2D eigenvalue weighted by Gasteiger charge is 2.21. The summed E-state index contributed by atoms with van der Waals surface area (Å²) in [5.74, 6) is 0. The molecule has 0 heteroatoms. The average molecular weight is 567 g/mol. The lowest BCUT2D eigenvalue weighted by Gasteiger charge is -2.21. The Hall–Kier alpha value is -5.46. The number of fused-ring (bicyclic) bond motifs is 2. The lowest BCUT2D eigenvalue weighted by atomic mass is 9.81. The SMILES string of the molecule is C.C.c1ccc(-c2ccccccc(-c3ccccc3)c3c(-c4ccccc4)c4ccccc4c(-c4ccccc4)c23)cc1. The van der Waals surface area contributed by atoms with E-state index in [1.165, 1.54) is 66.1 Å². The zero-order valence-electron chi connectivity index (χ0n) is 23.3. The van der Waals surface area contributed by atoms with Crippen molar-refractivity contribution in [2.24, 2.45) is 0 Å². The smallest absolute Gasteiger partial charge is 0.000786 e. The summed E-state index contributed by atoms with van der Waals surface area (Å²) in [6, 6.07) is 65.4. The fourth-order valence-corrected chi connectivity index (χ4v) is 6.10. The maximum Gasteiger partial charge on any atom is -0.000786 e. The first-order chi connectivity index (χ1) is 20.9. The molecule has 0 atom stereocenters. The number of hydrogen-bond acceptors (Lipinski definition) is 0. The minimum Gasteiger partial charge on any atom is -0.0776 e. The van der Waals surface area contributed by atoms with Crippen molar-refractivity contribution in [3.63, 3.8) is 0 Å². The summed E-state index contributed by atoms with van der Waals surface area (Å²) < 4.78 is 0. The van der Waals surface area contributed by atoms with Gasteiger partial charge >= 0.3 is 0 Å². The number of benzene rings is 6. The second kappa shape index (κ2) is 13.7. The van der Waals surface area contributed by atoms with Crippen LogP contribution in [0.15, 0.2) is 182 Å². The molecule has 44 heavy (non-hydrogen) atoms. The molecule has 0 spiro atoms. The van der Waals surface area contributed by atoms with Gasteiger partial charge in [-0.05, 0) is 66.1 Å². The van der Waals surface area contributed by atoms with Crippen molar-refractivity contribution in [1.82, 2.24) is 0 Å². The highest BCUT2D eigenvalue weighted by Crippen LogP contribution is 2.48. The van der Waals surface area contributed by atoms with E-state index in [2.05, 4.69) is 182 Å². The van der Waals surface area contributed by atoms with Gasteiger partial charge in [0.25, 0.3) is 0 Å². The van der Waals surface area contributed by atoms with E-state index in [9.17, 15) is 0 Å². The van der Waals surface area contributed by atoms with Crippen LogP contribution < -0.4 is 0 Å². The highest BCUT2D eigenvalue weighted by atomic mass is 14.2. The lowest BCUT2D eigenvalue weighted by Crippen LogP contribution is -1.94. The van der Waals surface area contributed by atoms with Crippen molar-refractivity contribution in [1.29, 1.82) is 0 Å². The third-order valence-corrected chi connectivity index (χ3v) is 7.91. The molecule has 0 N–H and O–H groups in total. The molecule has 0 fully saturated rings. The summed E-state index contributed by atoms with van der Waals surface area (Å²) >= 11 is 0. The molecule has 0 unspecified atom stereocenters. The summed E-state index contributed by atoms with van der Waals surface area (Å²) in [6.07, 6.45) is 0. The average Bonchev–Trinajstić information content (AvgIpc) is 3.07. The van der Waals surface area contributed by atoms with E-state index in [-0.39, 0.29) is 14.9 Å². The second-order valence-electron chi connectivity index (χ2n) is 10.4. The largest absolute Gasteiger partial charge is 0.0776 e. The fourth-order valence-electron chi connectivity index (χ4n) is 6.10. The van der Waals surface area contributed by atoms with Crippen molar-refractivity contribution < 1.29 is 0 Å². The third-order valence-electron chi connectivity index (χ3n) is 7.91. The highest BCUT2D eigenvalue weighted by molar-refractivity contribution is 6.27. The molecule has 0 aliphatic rings. The van der Waals surface area contributed by atoms with E-state index in [1.54, 1.807) is 0 Å². The summed E-state index contributed by atoms with van der Waals surface area (Å²) in [4.78, 5) is 0. The van der Waals surface area contributed by atoms with Gasteiger partial charge in [-0.25, -0.2) is 0 Å². The molecule has 7 aromatic carbocycles. The van der Waals surface area contributed by atoms with Crippen molar-refractivity contribution in [2.45, 2.75) is 14.9 Å². The fraction of sp³-hybridized carbons (Fsp3) is 0.0455. The standard InChI is InChI=1S/C42H30.2CH4/c1-2-16-28-36(32-21-9-4-10-22-32)42-40(34-25-13-6-14-26-34)38-30-18-17-29-37(38)39(33-23-11-5-12-24-33)41(42)35(27-15-1)31-19-7-3-8-20-31;;/h1-30H;2*1H4.